The fraction of sp³-hybridized carbons (Fsp3) is 0.500. The number of carboxylic acid groups (broad SMARTS) is 1. The van der Waals surface area contributed by atoms with Gasteiger partial charge < -0.3 is 33.5 Å². The van der Waals surface area contributed by atoms with Crippen LogP contribution in [0.25, 0.3) is 32.5 Å². The number of fused-ring (bicyclic) bond motifs is 2. The number of rotatable bonds is 4. The van der Waals surface area contributed by atoms with Crippen LogP contribution in [0, 0.1) is 11.6 Å². The number of nitrogens with zero attached hydrogens (tertiary/aromatic N) is 9. The maximum absolute atomic E-state index is 13.6. The summed E-state index contributed by atoms with van der Waals surface area (Å²) in [5.41, 5.74) is 8.44. The van der Waals surface area contributed by atoms with Gasteiger partial charge in [-0.05, 0) is 90.0 Å². The maximum atomic E-state index is 13.6. The Bertz CT molecular complexity index is 2110. The number of amides is 3. The van der Waals surface area contributed by atoms with Crippen molar-refractivity contribution in [1.29, 1.82) is 0 Å². The Labute approximate surface area is 309 Å². The van der Waals surface area contributed by atoms with Crippen molar-refractivity contribution in [2.24, 2.45) is 5.11 Å². The zero-order valence-corrected chi connectivity index (χ0v) is 31.0. The number of carbonyl (C=O) groups is 4. The highest BCUT2D eigenvalue weighted by Gasteiger charge is 2.31. The fourth-order valence-electron chi connectivity index (χ4n) is 6.51. The van der Waals surface area contributed by atoms with E-state index in [1.54, 1.807) is 25.1 Å². The van der Waals surface area contributed by atoms with Gasteiger partial charge in [0, 0.05) is 66.3 Å². The zero-order chi connectivity index (χ0) is 39.5. The Balaban J connectivity index is 0.000000208. The minimum absolute atomic E-state index is 0.0118. The molecule has 18 heteroatoms. The van der Waals surface area contributed by atoms with Crippen molar-refractivity contribution in [2.45, 2.75) is 90.5 Å². The summed E-state index contributed by atoms with van der Waals surface area (Å²) in [5, 5.41) is 13.1. The summed E-state index contributed by atoms with van der Waals surface area (Å²) in [6.07, 6.45) is 7.03. The van der Waals surface area contributed by atoms with Gasteiger partial charge in [0.2, 0.25) is 0 Å². The molecule has 3 amide bonds. The Morgan fingerprint density at radius 3 is 1.52 bits per heavy atom. The molecule has 0 radical (unpaired) electrons. The van der Waals surface area contributed by atoms with Gasteiger partial charge >= 0.3 is 18.2 Å². The first kappa shape index (κ1) is 39.4. The number of halogens is 2. The molecule has 0 saturated carbocycles. The van der Waals surface area contributed by atoms with Gasteiger partial charge in [0.15, 0.2) is 0 Å². The third kappa shape index (κ3) is 9.23. The average Bonchev–Trinajstić information content (AvgIpc) is 3.66. The highest BCUT2D eigenvalue weighted by atomic mass is 19.1. The number of piperidine rings is 2. The molecule has 1 N–H and O–H groups in total. The number of aromatic carboxylic acids is 1. The molecule has 2 fully saturated rings. The molecule has 2 saturated heterocycles. The minimum Gasteiger partial charge on any atom is -0.478 e. The largest absolute Gasteiger partial charge is 0.478 e. The number of carbonyl (C=O) groups excluding carboxylic acids is 3. The standard InChI is InChI=1S/C18H21FN6O3.C18H22FN3O4/c1-18(2,3)28-17(27)24-6-4-12(5-7-24)25-10-14(16(26)22-23-20)13-8-11(19)9-21-15(13)25;1-18(2,3)26-17(25)21-6-4-12(5-7-21)22-10-14(16(23)24)13-8-11(19)9-20-15(13)22/h8-10,12H,4-7H2,1-3H3;8-10,12H,4-7H2,1-3H3,(H,23,24). The molecule has 2 aliphatic rings. The van der Waals surface area contributed by atoms with Crippen molar-refractivity contribution in [3.05, 3.63) is 70.1 Å². The van der Waals surface area contributed by atoms with Crippen molar-refractivity contribution in [2.75, 3.05) is 26.2 Å². The summed E-state index contributed by atoms with van der Waals surface area (Å²) in [6, 6.07) is 2.35. The van der Waals surface area contributed by atoms with Crippen LogP contribution in [-0.2, 0) is 9.47 Å². The lowest BCUT2D eigenvalue weighted by Crippen LogP contribution is -2.42. The molecule has 6 heterocycles. The average molecular weight is 752 g/mol. The molecule has 0 aliphatic carbocycles. The first-order valence-corrected chi connectivity index (χ1v) is 17.5. The van der Waals surface area contributed by atoms with Crippen LogP contribution in [0.2, 0.25) is 0 Å². The summed E-state index contributed by atoms with van der Waals surface area (Å²) >= 11 is 0. The Hall–Kier alpha value is -5.77. The number of aromatic nitrogens is 4. The molecule has 4 aromatic rings. The van der Waals surface area contributed by atoms with E-state index in [1.165, 1.54) is 18.3 Å². The van der Waals surface area contributed by atoms with E-state index in [0.717, 1.165) is 12.4 Å². The van der Waals surface area contributed by atoms with E-state index in [-0.39, 0.29) is 40.8 Å². The number of likely N-dealkylation sites (tertiary alicyclic amines) is 2. The Kier molecular flexibility index (Phi) is 11.5. The summed E-state index contributed by atoms with van der Waals surface area (Å²) < 4.78 is 41.5. The smallest absolute Gasteiger partial charge is 0.410 e. The van der Waals surface area contributed by atoms with Crippen LogP contribution >= 0.6 is 0 Å². The lowest BCUT2D eigenvalue weighted by Gasteiger charge is -2.34. The quantitative estimate of drug-likeness (QED) is 0.124. The van der Waals surface area contributed by atoms with Gasteiger partial charge in [-0.2, -0.15) is 0 Å². The molecule has 0 spiro atoms. The molecular formula is C36H43F2N9O7. The highest BCUT2D eigenvalue weighted by molar-refractivity contribution is 6.06. The van der Waals surface area contributed by atoms with Gasteiger partial charge in [-0.15, -0.1) is 0 Å². The third-order valence-electron chi connectivity index (χ3n) is 8.89. The van der Waals surface area contributed by atoms with Crippen molar-refractivity contribution in [1.82, 2.24) is 28.9 Å². The van der Waals surface area contributed by atoms with Crippen LogP contribution in [0.5, 0.6) is 0 Å². The first-order chi connectivity index (χ1) is 25.3. The molecule has 54 heavy (non-hydrogen) atoms. The van der Waals surface area contributed by atoms with Gasteiger partial charge in [0.25, 0.3) is 5.91 Å². The second-order valence-electron chi connectivity index (χ2n) is 15.1. The molecule has 288 valence electrons. The topological polar surface area (TPSA) is 198 Å². The predicted molar refractivity (Wildman–Crippen MR) is 192 cm³/mol. The van der Waals surface area contributed by atoms with Crippen molar-refractivity contribution in [3.8, 4) is 0 Å². The summed E-state index contributed by atoms with van der Waals surface area (Å²) in [4.78, 5) is 62.0. The van der Waals surface area contributed by atoms with Crippen LogP contribution in [0.4, 0.5) is 18.4 Å². The van der Waals surface area contributed by atoms with Crippen LogP contribution in [0.3, 0.4) is 0 Å². The number of hydrogen-bond acceptors (Lipinski definition) is 8. The molecule has 0 atom stereocenters. The number of azide groups is 1. The van der Waals surface area contributed by atoms with E-state index in [4.69, 9.17) is 15.0 Å². The normalized spacial score (nSPS) is 15.7. The van der Waals surface area contributed by atoms with Crippen LogP contribution in [-0.4, -0.2) is 95.5 Å². The van der Waals surface area contributed by atoms with Crippen molar-refractivity contribution >= 4 is 46.1 Å². The summed E-state index contributed by atoms with van der Waals surface area (Å²) in [7, 11) is 0. The van der Waals surface area contributed by atoms with Gasteiger partial charge in [0.05, 0.1) is 23.5 Å². The van der Waals surface area contributed by atoms with E-state index in [2.05, 4.69) is 20.0 Å². The Morgan fingerprint density at radius 1 is 0.759 bits per heavy atom. The maximum Gasteiger partial charge on any atom is 0.410 e. The molecular weight excluding hydrogens is 708 g/mol. The number of ether oxygens (including phenoxy) is 2. The van der Waals surface area contributed by atoms with Crippen molar-refractivity contribution in [3.63, 3.8) is 0 Å². The second kappa shape index (κ2) is 15.7. The SMILES string of the molecule is CC(C)(C)OC(=O)N1CCC(n2cc(C(=O)N=[N+]=[N-])c3cc(F)cnc32)CC1.CC(C)(C)OC(=O)N1CCC(n2cc(C(=O)O)c3cc(F)cnc32)CC1. The van der Waals surface area contributed by atoms with E-state index in [0.29, 0.717) is 68.5 Å². The highest BCUT2D eigenvalue weighted by Crippen LogP contribution is 2.32. The first-order valence-electron chi connectivity index (χ1n) is 17.5. The van der Waals surface area contributed by atoms with E-state index in [9.17, 15) is 33.1 Å². The van der Waals surface area contributed by atoms with Gasteiger partial charge in [-0.3, -0.25) is 4.79 Å². The lowest BCUT2D eigenvalue weighted by molar-refractivity contribution is 0.0179. The van der Waals surface area contributed by atoms with Crippen LogP contribution in [0.1, 0.15) is 100 Å². The van der Waals surface area contributed by atoms with E-state index in [1.807, 2.05) is 41.5 Å². The van der Waals surface area contributed by atoms with Gasteiger partial charge in [-0.25, -0.2) is 33.1 Å². The van der Waals surface area contributed by atoms with Crippen LogP contribution < -0.4 is 0 Å². The van der Waals surface area contributed by atoms with E-state index < -0.39 is 34.7 Å². The van der Waals surface area contributed by atoms with Crippen LogP contribution in [0.15, 0.2) is 42.0 Å². The molecule has 16 nitrogen and oxygen atoms in total. The Morgan fingerprint density at radius 2 is 1.15 bits per heavy atom. The van der Waals surface area contributed by atoms with E-state index >= 15 is 0 Å². The molecule has 0 aromatic carbocycles. The molecule has 0 bridgehead atoms. The number of carboxylic acids is 1. The molecule has 2 aliphatic heterocycles. The third-order valence-corrected chi connectivity index (χ3v) is 8.89. The summed E-state index contributed by atoms with van der Waals surface area (Å²) in [6.45, 7) is 12.9. The van der Waals surface area contributed by atoms with Gasteiger partial charge in [0.1, 0.15) is 34.1 Å². The monoisotopic (exact) mass is 751 g/mol. The minimum atomic E-state index is -1.12. The second-order valence-corrected chi connectivity index (χ2v) is 15.1. The summed E-state index contributed by atoms with van der Waals surface area (Å²) in [5.74, 6) is -3.06. The molecule has 0 unspecified atom stereocenters. The zero-order valence-electron chi connectivity index (χ0n) is 31.0. The van der Waals surface area contributed by atoms with Gasteiger partial charge in [-0.1, -0.05) is 0 Å². The molecule has 6 rings (SSSR count). The number of hydrogen-bond donors (Lipinski definition) is 1. The number of pyridine rings is 2. The predicted octanol–water partition coefficient (Wildman–Crippen LogP) is 7.64. The fourth-order valence-corrected chi connectivity index (χ4v) is 6.51. The lowest BCUT2D eigenvalue weighted by atomic mass is 10.1. The van der Waals surface area contributed by atoms with Crippen molar-refractivity contribution < 1.29 is 42.5 Å². The molecule has 4 aromatic heterocycles.